The molecule has 0 saturated heterocycles. The molecule has 0 radical (unpaired) electrons. The second-order valence-electron chi connectivity index (χ2n) is 4.34. The minimum Gasteiger partial charge on any atom is -0.465 e. The van der Waals surface area contributed by atoms with E-state index in [4.69, 9.17) is 4.74 Å². The van der Waals surface area contributed by atoms with Gasteiger partial charge in [-0.3, -0.25) is 4.79 Å². The van der Waals surface area contributed by atoms with Crippen LogP contribution in [-0.4, -0.2) is 43.6 Å². The van der Waals surface area contributed by atoms with Gasteiger partial charge in [0, 0.05) is 6.54 Å². The molecule has 0 aromatic rings. The summed E-state index contributed by atoms with van der Waals surface area (Å²) in [6.45, 7) is 5.41. The van der Waals surface area contributed by atoms with Crippen LogP contribution in [0.2, 0.25) is 0 Å². The molecule has 1 saturated carbocycles. The van der Waals surface area contributed by atoms with Gasteiger partial charge < -0.3 is 4.74 Å². The normalized spacial score (nSPS) is 17.0. The van der Waals surface area contributed by atoms with Crippen LogP contribution in [0.5, 0.6) is 0 Å². The highest BCUT2D eigenvalue weighted by atomic mass is 32.2. The first-order chi connectivity index (χ1) is 8.52. The molecular formula is C12H21NO4S. The summed E-state index contributed by atoms with van der Waals surface area (Å²) in [6.07, 6.45) is 4.72. The molecule has 104 valence electrons. The van der Waals surface area contributed by atoms with Crippen molar-refractivity contribution in [2.24, 2.45) is 0 Å². The number of sulfonamides is 1. The van der Waals surface area contributed by atoms with E-state index in [0.717, 1.165) is 12.8 Å². The van der Waals surface area contributed by atoms with Crippen LogP contribution < -0.4 is 0 Å². The van der Waals surface area contributed by atoms with Crippen LogP contribution in [-0.2, 0) is 19.6 Å². The number of hydrogen-bond donors (Lipinski definition) is 0. The van der Waals surface area contributed by atoms with Gasteiger partial charge in [-0.05, 0) is 19.8 Å². The fourth-order valence-electron chi connectivity index (χ4n) is 2.15. The molecule has 0 amide bonds. The maximum Gasteiger partial charge on any atom is 0.321 e. The molecule has 0 unspecified atom stereocenters. The van der Waals surface area contributed by atoms with Crippen molar-refractivity contribution in [1.29, 1.82) is 0 Å². The second-order valence-corrected chi connectivity index (χ2v) is 6.55. The van der Waals surface area contributed by atoms with Crippen LogP contribution in [0.25, 0.3) is 0 Å². The number of ether oxygens (including phenoxy) is 1. The Hall–Kier alpha value is -0.880. The second kappa shape index (κ2) is 6.89. The highest BCUT2D eigenvalue weighted by molar-refractivity contribution is 7.89. The van der Waals surface area contributed by atoms with Crippen molar-refractivity contribution >= 4 is 16.0 Å². The van der Waals surface area contributed by atoms with E-state index in [1.165, 1.54) is 10.4 Å². The molecular weight excluding hydrogens is 254 g/mol. The van der Waals surface area contributed by atoms with Gasteiger partial charge in [-0.25, -0.2) is 8.42 Å². The summed E-state index contributed by atoms with van der Waals surface area (Å²) in [7, 11) is -3.42. The predicted molar refractivity (Wildman–Crippen MR) is 69.6 cm³/mol. The largest absolute Gasteiger partial charge is 0.465 e. The first-order valence-electron chi connectivity index (χ1n) is 6.27. The highest BCUT2D eigenvalue weighted by Crippen LogP contribution is 2.27. The number of nitrogens with zero attached hydrogens (tertiary/aromatic N) is 1. The summed E-state index contributed by atoms with van der Waals surface area (Å²) < 4.78 is 30.6. The van der Waals surface area contributed by atoms with Crippen molar-refractivity contribution < 1.29 is 17.9 Å². The third kappa shape index (κ3) is 3.81. The molecule has 0 aromatic carbocycles. The lowest BCUT2D eigenvalue weighted by Gasteiger charge is -2.23. The van der Waals surface area contributed by atoms with Gasteiger partial charge in [0.1, 0.15) is 6.54 Å². The average molecular weight is 275 g/mol. The van der Waals surface area contributed by atoms with Crippen molar-refractivity contribution in [1.82, 2.24) is 4.31 Å². The summed E-state index contributed by atoms with van der Waals surface area (Å²) in [4.78, 5) is 11.4. The monoisotopic (exact) mass is 275 g/mol. The molecule has 1 aliphatic rings. The molecule has 0 atom stereocenters. The van der Waals surface area contributed by atoms with Crippen molar-refractivity contribution in [2.45, 2.75) is 37.9 Å². The topological polar surface area (TPSA) is 63.7 Å². The molecule has 0 heterocycles. The zero-order valence-corrected chi connectivity index (χ0v) is 11.6. The third-order valence-corrected chi connectivity index (χ3v) is 5.34. The molecule has 0 aliphatic heterocycles. The zero-order valence-electron chi connectivity index (χ0n) is 10.8. The van der Waals surface area contributed by atoms with Crippen LogP contribution in [0, 0.1) is 0 Å². The Morgan fingerprint density at radius 3 is 2.56 bits per heavy atom. The Morgan fingerprint density at radius 2 is 2.06 bits per heavy atom. The molecule has 0 N–H and O–H groups in total. The first-order valence-corrected chi connectivity index (χ1v) is 7.78. The lowest BCUT2D eigenvalue weighted by atomic mass is 10.4. The van der Waals surface area contributed by atoms with Gasteiger partial charge in [0.15, 0.2) is 0 Å². The standard InChI is InChI=1S/C12H21NO4S/c1-3-9-13(10-12(14)17-4-2)18(15,16)11-7-5-6-8-11/h3,11H,1,4-10H2,2H3. The Bertz CT molecular complexity index is 385. The minimum absolute atomic E-state index is 0.150. The number of carbonyl (C=O) groups excluding carboxylic acids is 1. The third-order valence-electron chi connectivity index (χ3n) is 3.03. The lowest BCUT2D eigenvalue weighted by molar-refractivity contribution is -0.143. The van der Waals surface area contributed by atoms with Crippen LogP contribution in [0.15, 0.2) is 12.7 Å². The van der Waals surface area contributed by atoms with E-state index in [1.807, 2.05) is 0 Å². The Balaban J connectivity index is 2.76. The van der Waals surface area contributed by atoms with E-state index in [0.29, 0.717) is 12.8 Å². The molecule has 0 spiro atoms. The molecule has 6 heteroatoms. The molecule has 5 nitrogen and oxygen atoms in total. The molecule has 18 heavy (non-hydrogen) atoms. The molecule has 1 rings (SSSR count). The van der Waals surface area contributed by atoms with Gasteiger partial charge in [0.05, 0.1) is 11.9 Å². The van der Waals surface area contributed by atoms with Gasteiger partial charge in [-0.15, -0.1) is 6.58 Å². The highest BCUT2D eigenvalue weighted by Gasteiger charge is 2.34. The van der Waals surface area contributed by atoms with Gasteiger partial charge >= 0.3 is 5.97 Å². The smallest absolute Gasteiger partial charge is 0.321 e. The quantitative estimate of drug-likeness (QED) is 0.519. The van der Waals surface area contributed by atoms with Crippen LogP contribution >= 0.6 is 0 Å². The number of rotatable bonds is 7. The van der Waals surface area contributed by atoms with Gasteiger partial charge in [0.25, 0.3) is 0 Å². The van der Waals surface area contributed by atoms with E-state index in [-0.39, 0.29) is 24.9 Å². The SMILES string of the molecule is C=CCN(CC(=O)OCC)S(=O)(=O)C1CCCC1. The maximum atomic E-state index is 12.3. The van der Waals surface area contributed by atoms with Crippen LogP contribution in [0.3, 0.4) is 0 Å². The van der Waals surface area contributed by atoms with E-state index < -0.39 is 16.0 Å². The summed E-state index contributed by atoms with van der Waals surface area (Å²) in [5, 5.41) is -0.355. The Kier molecular flexibility index (Phi) is 5.81. The van der Waals surface area contributed by atoms with Crippen molar-refractivity contribution in [3.05, 3.63) is 12.7 Å². The van der Waals surface area contributed by atoms with Crippen LogP contribution in [0.4, 0.5) is 0 Å². The average Bonchev–Trinajstić information content (AvgIpc) is 2.82. The maximum absolute atomic E-state index is 12.3. The van der Waals surface area contributed by atoms with E-state index in [1.54, 1.807) is 6.92 Å². The van der Waals surface area contributed by atoms with E-state index >= 15 is 0 Å². The van der Waals surface area contributed by atoms with E-state index in [2.05, 4.69) is 6.58 Å². The van der Waals surface area contributed by atoms with Crippen molar-refractivity contribution in [2.75, 3.05) is 19.7 Å². The fourth-order valence-corrected chi connectivity index (χ4v) is 4.10. The summed E-state index contributed by atoms with van der Waals surface area (Å²) in [5.74, 6) is -0.513. The summed E-state index contributed by atoms with van der Waals surface area (Å²) in [6, 6.07) is 0. The van der Waals surface area contributed by atoms with Crippen molar-refractivity contribution in [3.8, 4) is 0 Å². The van der Waals surface area contributed by atoms with Gasteiger partial charge in [-0.1, -0.05) is 18.9 Å². The number of esters is 1. The van der Waals surface area contributed by atoms with Gasteiger partial charge in [-0.2, -0.15) is 4.31 Å². The summed E-state index contributed by atoms with van der Waals surface area (Å²) in [5.41, 5.74) is 0. The fraction of sp³-hybridized carbons (Fsp3) is 0.750. The predicted octanol–water partition coefficient (Wildman–Crippen LogP) is 1.31. The van der Waals surface area contributed by atoms with Crippen molar-refractivity contribution in [3.63, 3.8) is 0 Å². The van der Waals surface area contributed by atoms with Gasteiger partial charge in [0.2, 0.25) is 10.0 Å². The number of carbonyl (C=O) groups is 1. The molecule has 0 bridgehead atoms. The molecule has 0 aromatic heterocycles. The Morgan fingerprint density at radius 1 is 1.44 bits per heavy atom. The molecule has 1 fully saturated rings. The number of hydrogen-bond acceptors (Lipinski definition) is 4. The zero-order chi connectivity index (χ0) is 13.6. The first kappa shape index (κ1) is 15.2. The Labute approximate surface area is 109 Å². The minimum atomic E-state index is -3.42. The summed E-state index contributed by atoms with van der Waals surface area (Å²) >= 11 is 0. The molecule has 1 aliphatic carbocycles. The van der Waals surface area contributed by atoms with Crippen LogP contribution in [0.1, 0.15) is 32.6 Å². The van der Waals surface area contributed by atoms with E-state index in [9.17, 15) is 13.2 Å². The lowest BCUT2D eigenvalue weighted by Crippen LogP contribution is -2.41.